The van der Waals surface area contributed by atoms with Gasteiger partial charge in [-0.2, -0.15) is 0 Å². The van der Waals surface area contributed by atoms with Crippen molar-refractivity contribution in [2.24, 2.45) is 5.92 Å². The molecule has 0 aromatic heterocycles. The van der Waals surface area contributed by atoms with E-state index in [0.29, 0.717) is 0 Å². The fourth-order valence-corrected chi connectivity index (χ4v) is 3.05. The molecule has 1 N–H and O–H groups in total. The summed E-state index contributed by atoms with van der Waals surface area (Å²) in [4.78, 5) is 2.70. The summed E-state index contributed by atoms with van der Waals surface area (Å²) >= 11 is 0. The van der Waals surface area contributed by atoms with E-state index in [1.54, 1.807) is 0 Å². The maximum Gasteiger partial charge on any atom is 0.00191 e. The second-order valence-corrected chi connectivity index (χ2v) is 6.44. The molecule has 114 valence electrons. The van der Waals surface area contributed by atoms with Crippen LogP contribution in [0.15, 0.2) is 0 Å². The highest BCUT2D eigenvalue weighted by Gasteiger charge is 2.12. The third kappa shape index (κ3) is 9.45. The maximum absolute atomic E-state index is 3.53. The minimum Gasteiger partial charge on any atom is -0.316 e. The molecule has 1 rings (SSSR count). The minimum absolute atomic E-state index is 0.814. The summed E-state index contributed by atoms with van der Waals surface area (Å²) in [5, 5.41) is 3.53. The van der Waals surface area contributed by atoms with Crippen molar-refractivity contribution in [2.45, 2.75) is 71.6 Å². The predicted molar refractivity (Wildman–Crippen MR) is 85.7 cm³/mol. The highest BCUT2D eigenvalue weighted by atomic mass is 15.1. The summed E-state index contributed by atoms with van der Waals surface area (Å²) in [6, 6.07) is 0. The van der Waals surface area contributed by atoms with E-state index >= 15 is 0 Å². The lowest BCUT2D eigenvalue weighted by atomic mass is 10.1. The highest BCUT2D eigenvalue weighted by Crippen LogP contribution is 2.10. The molecular formula is C17H36N2. The highest BCUT2D eigenvalue weighted by molar-refractivity contribution is 4.69. The van der Waals surface area contributed by atoms with Crippen molar-refractivity contribution >= 4 is 0 Å². The minimum atomic E-state index is 0.814. The quantitative estimate of drug-likeness (QED) is 0.634. The summed E-state index contributed by atoms with van der Waals surface area (Å²) in [5.41, 5.74) is 0. The number of hydrogen-bond acceptors (Lipinski definition) is 2. The summed E-state index contributed by atoms with van der Waals surface area (Å²) in [6.07, 6.45) is 12.8. The van der Waals surface area contributed by atoms with Gasteiger partial charge in [0.1, 0.15) is 0 Å². The van der Waals surface area contributed by atoms with E-state index in [9.17, 15) is 0 Å². The maximum atomic E-state index is 3.53. The SMILES string of the molecule is CCCCCCCCCCN1CCCNCC(C)C1. The molecule has 2 nitrogen and oxygen atoms in total. The topological polar surface area (TPSA) is 15.3 Å². The van der Waals surface area contributed by atoms with Crippen molar-refractivity contribution in [1.82, 2.24) is 10.2 Å². The summed E-state index contributed by atoms with van der Waals surface area (Å²) < 4.78 is 0. The van der Waals surface area contributed by atoms with Crippen LogP contribution < -0.4 is 5.32 Å². The zero-order chi connectivity index (χ0) is 13.8. The molecule has 0 bridgehead atoms. The lowest BCUT2D eigenvalue weighted by molar-refractivity contribution is 0.212. The zero-order valence-corrected chi connectivity index (χ0v) is 13.4. The lowest BCUT2D eigenvalue weighted by Crippen LogP contribution is -2.39. The van der Waals surface area contributed by atoms with Crippen molar-refractivity contribution in [3.63, 3.8) is 0 Å². The number of hydrogen-bond donors (Lipinski definition) is 1. The Kier molecular flexibility index (Phi) is 10.5. The summed E-state index contributed by atoms with van der Waals surface area (Å²) in [5.74, 6) is 0.814. The smallest absolute Gasteiger partial charge is 0.00191 e. The predicted octanol–water partition coefficient (Wildman–Crippen LogP) is 4.06. The van der Waals surface area contributed by atoms with E-state index < -0.39 is 0 Å². The second kappa shape index (κ2) is 11.7. The Morgan fingerprint density at radius 3 is 2.42 bits per heavy atom. The van der Waals surface area contributed by atoms with Gasteiger partial charge >= 0.3 is 0 Å². The van der Waals surface area contributed by atoms with Crippen LogP contribution in [0.5, 0.6) is 0 Å². The number of nitrogens with one attached hydrogen (secondary N) is 1. The first-order chi connectivity index (χ1) is 9.33. The first kappa shape index (κ1) is 17.0. The number of unbranched alkanes of at least 4 members (excludes halogenated alkanes) is 7. The monoisotopic (exact) mass is 268 g/mol. The van der Waals surface area contributed by atoms with Crippen molar-refractivity contribution in [2.75, 3.05) is 32.7 Å². The Morgan fingerprint density at radius 1 is 1.00 bits per heavy atom. The van der Waals surface area contributed by atoms with Gasteiger partial charge in [-0.05, 0) is 44.9 Å². The molecule has 0 radical (unpaired) electrons. The van der Waals surface area contributed by atoms with Gasteiger partial charge in [0.2, 0.25) is 0 Å². The molecular weight excluding hydrogens is 232 g/mol. The largest absolute Gasteiger partial charge is 0.316 e. The molecule has 0 aromatic rings. The fourth-order valence-electron chi connectivity index (χ4n) is 3.05. The van der Waals surface area contributed by atoms with Crippen LogP contribution in [-0.2, 0) is 0 Å². The van der Waals surface area contributed by atoms with Crippen LogP contribution in [0.25, 0.3) is 0 Å². The van der Waals surface area contributed by atoms with Crippen molar-refractivity contribution < 1.29 is 0 Å². The van der Waals surface area contributed by atoms with Crippen molar-refractivity contribution in [3.05, 3.63) is 0 Å². The van der Waals surface area contributed by atoms with E-state index in [1.807, 2.05) is 0 Å². The van der Waals surface area contributed by atoms with Crippen LogP contribution in [0, 0.1) is 5.92 Å². The Balaban J connectivity index is 1.95. The summed E-state index contributed by atoms with van der Waals surface area (Å²) in [7, 11) is 0. The molecule has 0 saturated carbocycles. The van der Waals surface area contributed by atoms with Gasteiger partial charge in [-0.15, -0.1) is 0 Å². The van der Waals surface area contributed by atoms with Crippen molar-refractivity contribution in [1.29, 1.82) is 0 Å². The molecule has 1 heterocycles. The normalized spacial score (nSPS) is 22.1. The van der Waals surface area contributed by atoms with Gasteiger partial charge in [-0.3, -0.25) is 0 Å². The average molecular weight is 268 g/mol. The van der Waals surface area contributed by atoms with Crippen LogP contribution in [0.1, 0.15) is 71.6 Å². The first-order valence-corrected chi connectivity index (χ1v) is 8.76. The van der Waals surface area contributed by atoms with Gasteiger partial charge in [-0.25, -0.2) is 0 Å². The molecule has 1 fully saturated rings. The molecule has 1 atom stereocenters. The van der Waals surface area contributed by atoms with Crippen LogP contribution in [0.3, 0.4) is 0 Å². The van der Waals surface area contributed by atoms with E-state index in [2.05, 4.69) is 24.1 Å². The zero-order valence-electron chi connectivity index (χ0n) is 13.4. The lowest BCUT2D eigenvalue weighted by Gasteiger charge is -2.28. The molecule has 1 aliphatic rings. The van der Waals surface area contributed by atoms with Gasteiger partial charge in [0.25, 0.3) is 0 Å². The third-order valence-corrected chi connectivity index (χ3v) is 4.22. The first-order valence-electron chi connectivity index (χ1n) is 8.76. The van der Waals surface area contributed by atoms with Crippen LogP contribution >= 0.6 is 0 Å². The second-order valence-electron chi connectivity index (χ2n) is 6.44. The Bertz CT molecular complexity index is 194. The Hall–Kier alpha value is -0.0800. The Labute approximate surface area is 121 Å². The molecule has 2 heteroatoms. The third-order valence-electron chi connectivity index (χ3n) is 4.22. The van der Waals surface area contributed by atoms with Gasteiger partial charge < -0.3 is 10.2 Å². The molecule has 0 spiro atoms. The molecule has 1 unspecified atom stereocenters. The standard InChI is InChI=1S/C17H36N2/c1-3-4-5-6-7-8-9-10-13-19-14-11-12-18-15-17(2)16-19/h17-18H,3-16H2,1-2H3. The molecule has 0 aliphatic carbocycles. The Morgan fingerprint density at radius 2 is 1.68 bits per heavy atom. The van der Waals surface area contributed by atoms with E-state index in [4.69, 9.17) is 0 Å². The van der Waals surface area contributed by atoms with Crippen LogP contribution in [0.4, 0.5) is 0 Å². The summed E-state index contributed by atoms with van der Waals surface area (Å²) in [6.45, 7) is 11.0. The molecule has 0 aromatic carbocycles. The van der Waals surface area contributed by atoms with E-state index in [1.165, 1.54) is 90.5 Å². The van der Waals surface area contributed by atoms with Crippen molar-refractivity contribution in [3.8, 4) is 0 Å². The number of rotatable bonds is 9. The van der Waals surface area contributed by atoms with E-state index in [0.717, 1.165) is 5.92 Å². The molecule has 19 heavy (non-hydrogen) atoms. The van der Waals surface area contributed by atoms with E-state index in [-0.39, 0.29) is 0 Å². The molecule has 1 saturated heterocycles. The van der Waals surface area contributed by atoms with Gasteiger partial charge in [0, 0.05) is 6.54 Å². The average Bonchev–Trinajstić information content (AvgIpc) is 2.38. The fraction of sp³-hybridized carbons (Fsp3) is 1.00. The molecule has 1 aliphatic heterocycles. The van der Waals surface area contributed by atoms with Gasteiger partial charge in [0.15, 0.2) is 0 Å². The van der Waals surface area contributed by atoms with Gasteiger partial charge in [-0.1, -0.05) is 58.8 Å². The number of nitrogens with zero attached hydrogens (tertiary/aromatic N) is 1. The van der Waals surface area contributed by atoms with Crippen LogP contribution in [-0.4, -0.2) is 37.6 Å². The van der Waals surface area contributed by atoms with Crippen LogP contribution in [0.2, 0.25) is 0 Å². The molecule has 0 amide bonds. The van der Waals surface area contributed by atoms with Gasteiger partial charge in [0.05, 0.1) is 0 Å².